The first-order valence-electron chi connectivity index (χ1n) is 4.69. The minimum Gasteiger partial charge on any atom is -0.382 e. The van der Waals surface area contributed by atoms with E-state index in [2.05, 4.69) is 37.0 Å². The molecule has 0 radical (unpaired) electrons. The Bertz CT molecular complexity index is 292. The van der Waals surface area contributed by atoms with Crippen LogP contribution in [0.25, 0.3) is 0 Å². The lowest BCUT2D eigenvalue weighted by Crippen LogP contribution is -2.07. The Morgan fingerprint density at radius 1 is 1.33 bits per heavy atom. The van der Waals surface area contributed by atoms with Crippen LogP contribution in [-0.4, -0.2) is 36.7 Å². The summed E-state index contributed by atoms with van der Waals surface area (Å²) in [5.74, 6) is 0. The minimum atomic E-state index is 0.650. The fraction of sp³-hybridized carbons (Fsp3) is 0.667. The fourth-order valence-corrected chi connectivity index (χ4v) is 2.27. The molecule has 0 aliphatic carbocycles. The van der Waals surface area contributed by atoms with Crippen LogP contribution in [0.15, 0.2) is 15.3 Å². The summed E-state index contributed by atoms with van der Waals surface area (Å²) in [6, 6.07) is 1.92. The Hall–Kier alpha value is 0.0900. The predicted octanol–water partition coefficient (Wildman–Crippen LogP) is 2.46. The van der Waals surface area contributed by atoms with Crippen LogP contribution in [0.4, 0.5) is 0 Å². The highest BCUT2D eigenvalue weighted by molar-refractivity contribution is 9.11. The highest BCUT2D eigenvalue weighted by atomic mass is 79.9. The number of hydrogen-bond donors (Lipinski definition) is 0. The maximum absolute atomic E-state index is 5.35. The molecule has 0 aliphatic heterocycles. The fourth-order valence-electron chi connectivity index (χ4n) is 1.08. The Morgan fingerprint density at radius 2 is 2.13 bits per heavy atom. The van der Waals surface area contributed by atoms with Crippen molar-refractivity contribution in [3.05, 3.63) is 15.3 Å². The van der Waals surface area contributed by atoms with Gasteiger partial charge in [0.1, 0.15) is 9.21 Å². The molecule has 0 aromatic carbocycles. The van der Waals surface area contributed by atoms with E-state index in [1.54, 1.807) is 7.11 Å². The van der Waals surface area contributed by atoms with Gasteiger partial charge in [-0.1, -0.05) is 0 Å². The summed E-state index contributed by atoms with van der Waals surface area (Å²) in [6.07, 6.45) is 0.941. The molecule has 4 nitrogen and oxygen atoms in total. The first kappa shape index (κ1) is 13.2. The topological polar surface area (TPSA) is 36.3 Å². The Labute approximate surface area is 106 Å². The van der Waals surface area contributed by atoms with Crippen LogP contribution < -0.4 is 0 Å². The van der Waals surface area contributed by atoms with Gasteiger partial charge in [-0.3, -0.25) is 4.68 Å². The molecule has 1 aromatic rings. The van der Waals surface area contributed by atoms with Gasteiger partial charge in [-0.15, -0.1) is 0 Å². The van der Waals surface area contributed by atoms with E-state index in [0.29, 0.717) is 13.2 Å². The first-order valence-corrected chi connectivity index (χ1v) is 6.28. The Morgan fingerprint density at radius 3 is 2.73 bits per heavy atom. The molecule has 1 rings (SSSR count). The predicted molar refractivity (Wildman–Crippen MR) is 64.9 cm³/mol. The summed E-state index contributed by atoms with van der Waals surface area (Å²) >= 11 is 6.74. The number of rotatable bonds is 7. The van der Waals surface area contributed by atoms with E-state index < -0.39 is 0 Å². The number of hydrogen-bond acceptors (Lipinski definition) is 3. The van der Waals surface area contributed by atoms with E-state index in [4.69, 9.17) is 9.47 Å². The highest BCUT2D eigenvalue weighted by Crippen LogP contribution is 2.16. The van der Waals surface area contributed by atoms with Crippen molar-refractivity contribution in [2.24, 2.45) is 0 Å². The number of aryl methyl sites for hydroxylation is 1. The van der Waals surface area contributed by atoms with Crippen molar-refractivity contribution < 1.29 is 9.47 Å². The van der Waals surface area contributed by atoms with Crippen molar-refractivity contribution in [3.63, 3.8) is 0 Å². The molecule has 0 spiro atoms. The van der Waals surface area contributed by atoms with Crippen LogP contribution in [0.1, 0.15) is 6.42 Å². The van der Waals surface area contributed by atoms with Gasteiger partial charge >= 0.3 is 0 Å². The van der Waals surface area contributed by atoms with Crippen LogP contribution >= 0.6 is 31.9 Å². The summed E-state index contributed by atoms with van der Waals surface area (Å²) in [5, 5.41) is 4.25. The Kier molecular flexibility index (Phi) is 6.47. The molecule has 0 saturated carbocycles. The zero-order valence-corrected chi connectivity index (χ0v) is 11.8. The second-order valence-corrected chi connectivity index (χ2v) is 4.60. The largest absolute Gasteiger partial charge is 0.382 e. The number of nitrogens with zero attached hydrogens (tertiary/aromatic N) is 2. The lowest BCUT2D eigenvalue weighted by molar-refractivity contribution is 0.0676. The molecule has 86 valence electrons. The molecule has 6 heteroatoms. The van der Waals surface area contributed by atoms with Gasteiger partial charge in [0.2, 0.25) is 0 Å². The van der Waals surface area contributed by atoms with Crippen molar-refractivity contribution in [1.82, 2.24) is 9.78 Å². The van der Waals surface area contributed by atoms with Gasteiger partial charge in [0.15, 0.2) is 0 Å². The van der Waals surface area contributed by atoms with E-state index in [9.17, 15) is 0 Å². The average molecular weight is 342 g/mol. The normalized spacial score (nSPS) is 10.9. The van der Waals surface area contributed by atoms with Gasteiger partial charge in [0, 0.05) is 26.3 Å². The lowest BCUT2D eigenvalue weighted by atomic mass is 10.4. The van der Waals surface area contributed by atoms with Crippen molar-refractivity contribution in [1.29, 1.82) is 0 Å². The number of halogens is 2. The van der Waals surface area contributed by atoms with E-state index in [-0.39, 0.29) is 0 Å². The highest BCUT2D eigenvalue weighted by Gasteiger charge is 2.02. The van der Waals surface area contributed by atoms with Gasteiger partial charge in [0.25, 0.3) is 0 Å². The molecule has 0 saturated heterocycles. The minimum absolute atomic E-state index is 0.650. The molecular weight excluding hydrogens is 328 g/mol. The van der Waals surface area contributed by atoms with Crippen molar-refractivity contribution in [3.8, 4) is 0 Å². The molecule has 1 heterocycles. The van der Waals surface area contributed by atoms with Crippen LogP contribution in [0.2, 0.25) is 0 Å². The van der Waals surface area contributed by atoms with E-state index >= 15 is 0 Å². The molecule has 0 aliphatic rings. The van der Waals surface area contributed by atoms with E-state index in [0.717, 1.165) is 28.8 Å². The summed E-state index contributed by atoms with van der Waals surface area (Å²) in [5.41, 5.74) is 0. The number of methoxy groups -OCH3 is 1. The summed E-state index contributed by atoms with van der Waals surface area (Å²) in [7, 11) is 1.67. The molecular formula is C9H14Br2N2O2. The Balaban J connectivity index is 2.12. The monoisotopic (exact) mass is 340 g/mol. The maximum atomic E-state index is 5.35. The zero-order chi connectivity index (χ0) is 11.1. The SMILES string of the molecule is COCCOCCCn1nc(Br)cc1Br. The number of ether oxygens (including phenoxy) is 2. The third-order valence-corrected chi connectivity index (χ3v) is 2.82. The number of aromatic nitrogens is 2. The van der Waals surface area contributed by atoms with Gasteiger partial charge in [0.05, 0.1) is 13.2 Å². The third-order valence-electron chi connectivity index (χ3n) is 1.79. The molecule has 1 aromatic heterocycles. The van der Waals surface area contributed by atoms with Gasteiger partial charge < -0.3 is 9.47 Å². The average Bonchev–Trinajstić information content (AvgIpc) is 2.51. The van der Waals surface area contributed by atoms with Gasteiger partial charge in [-0.2, -0.15) is 5.10 Å². The molecule has 0 amide bonds. The maximum Gasteiger partial charge on any atom is 0.129 e. The molecule has 0 fully saturated rings. The van der Waals surface area contributed by atoms with Gasteiger partial charge in [-0.05, 0) is 38.3 Å². The zero-order valence-electron chi connectivity index (χ0n) is 8.58. The third kappa shape index (κ3) is 5.10. The smallest absolute Gasteiger partial charge is 0.129 e. The van der Waals surface area contributed by atoms with Gasteiger partial charge in [-0.25, -0.2) is 0 Å². The molecule has 0 unspecified atom stereocenters. The lowest BCUT2D eigenvalue weighted by Gasteiger charge is -2.04. The van der Waals surface area contributed by atoms with E-state index in [1.165, 1.54) is 0 Å². The summed E-state index contributed by atoms with van der Waals surface area (Å²) in [6.45, 7) is 2.88. The standard InChI is InChI=1S/C9H14Br2N2O2/c1-14-5-6-15-4-2-3-13-9(11)7-8(10)12-13/h7H,2-6H2,1H3. The van der Waals surface area contributed by atoms with Crippen LogP contribution in [0.3, 0.4) is 0 Å². The van der Waals surface area contributed by atoms with Crippen LogP contribution in [0.5, 0.6) is 0 Å². The van der Waals surface area contributed by atoms with Crippen molar-refractivity contribution in [2.45, 2.75) is 13.0 Å². The first-order chi connectivity index (χ1) is 7.24. The molecule has 15 heavy (non-hydrogen) atoms. The van der Waals surface area contributed by atoms with Crippen LogP contribution in [0, 0.1) is 0 Å². The molecule has 0 bridgehead atoms. The second-order valence-electron chi connectivity index (χ2n) is 2.97. The second kappa shape index (κ2) is 7.38. The molecule has 0 atom stereocenters. The van der Waals surface area contributed by atoms with E-state index in [1.807, 2.05) is 10.7 Å². The summed E-state index contributed by atoms with van der Waals surface area (Å²) < 4.78 is 13.9. The molecule has 0 N–H and O–H groups in total. The quantitative estimate of drug-likeness (QED) is 0.715. The van der Waals surface area contributed by atoms with Crippen molar-refractivity contribution >= 4 is 31.9 Å². The van der Waals surface area contributed by atoms with Crippen molar-refractivity contribution in [2.75, 3.05) is 26.9 Å². The summed E-state index contributed by atoms with van der Waals surface area (Å²) in [4.78, 5) is 0. The van der Waals surface area contributed by atoms with Crippen LogP contribution in [-0.2, 0) is 16.0 Å².